The van der Waals surface area contributed by atoms with Crippen molar-refractivity contribution in [2.75, 3.05) is 33.1 Å². The Hall–Kier alpha value is -3.28. The number of benzene rings is 2. The maximum atomic E-state index is 12.4. The molecule has 0 spiro atoms. The van der Waals surface area contributed by atoms with Gasteiger partial charge in [0.1, 0.15) is 0 Å². The molecule has 2 rings (SSSR count). The zero-order chi connectivity index (χ0) is 20.7. The molecular weight excluding hydrogens is 356 g/mol. The van der Waals surface area contributed by atoms with E-state index in [-0.39, 0.29) is 18.4 Å². The summed E-state index contributed by atoms with van der Waals surface area (Å²) < 4.78 is 10.6. The van der Waals surface area contributed by atoms with Crippen LogP contribution in [0.2, 0.25) is 0 Å². The Morgan fingerprint density at radius 1 is 1.04 bits per heavy atom. The third-order valence-electron chi connectivity index (χ3n) is 4.34. The molecule has 0 atom stereocenters. The van der Waals surface area contributed by atoms with Crippen LogP contribution in [0.5, 0.6) is 11.5 Å². The van der Waals surface area contributed by atoms with Crippen molar-refractivity contribution in [3.63, 3.8) is 0 Å². The first-order chi connectivity index (χ1) is 13.4. The lowest BCUT2D eigenvalue weighted by Crippen LogP contribution is -2.34. The Bertz CT molecular complexity index is 870. The summed E-state index contributed by atoms with van der Waals surface area (Å²) in [7, 11) is 4.68. The SMILES string of the molecule is COc1cccc(/C=C/C(=O)N(C)CC(=O)Nc2c(C)cccc2C)c1OC. The van der Waals surface area contributed by atoms with E-state index >= 15 is 0 Å². The summed E-state index contributed by atoms with van der Waals surface area (Å²) >= 11 is 0. The van der Waals surface area contributed by atoms with Gasteiger partial charge in [0.15, 0.2) is 11.5 Å². The summed E-state index contributed by atoms with van der Waals surface area (Å²) in [4.78, 5) is 26.1. The number of anilines is 1. The van der Waals surface area contributed by atoms with E-state index in [1.165, 1.54) is 11.0 Å². The molecule has 6 nitrogen and oxygen atoms in total. The number of aryl methyl sites for hydroxylation is 2. The molecule has 0 unspecified atom stereocenters. The number of nitrogens with one attached hydrogen (secondary N) is 1. The zero-order valence-corrected chi connectivity index (χ0v) is 16.9. The molecule has 2 aromatic rings. The van der Waals surface area contributed by atoms with Gasteiger partial charge in [-0.05, 0) is 37.1 Å². The van der Waals surface area contributed by atoms with Crippen LogP contribution in [0.4, 0.5) is 5.69 Å². The topological polar surface area (TPSA) is 67.9 Å². The van der Waals surface area contributed by atoms with Gasteiger partial charge in [-0.25, -0.2) is 0 Å². The number of amides is 2. The second-order valence-corrected chi connectivity index (χ2v) is 6.43. The lowest BCUT2D eigenvalue weighted by Gasteiger charge is -2.17. The first kappa shape index (κ1) is 21.0. The normalized spacial score (nSPS) is 10.6. The average molecular weight is 382 g/mol. The first-order valence-electron chi connectivity index (χ1n) is 8.87. The fourth-order valence-corrected chi connectivity index (χ4v) is 2.82. The van der Waals surface area contributed by atoms with Gasteiger partial charge in [0.2, 0.25) is 11.8 Å². The Kier molecular flexibility index (Phi) is 7.21. The predicted octanol–water partition coefficient (Wildman–Crippen LogP) is 3.43. The summed E-state index contributed by atoms with van der Waals surface area (Å²) in [6, 6.07) is 11.2. The van der Waals surface area contributed by atoms with Crippen LogP contribution in [0.25, 0.3) is 6.08 Å². The van der Waals surface area contributed by atoms with E-state index in [0.717, 1.165) is 16.8 Å². The van der Waals surface area contributed by atoms with E-state index in [1.807, 2.05) is 44.2 Å². The maximum absolute atomic E-state index is 12.4. The number of carbonyl (C=O) groups is 2. The summed E-state index contributed by atoms with van der Waals surface area (Å²) in [6.45, 7) is 3.82. The average Bonchev–Trinajstić information content (AvgIpc) is 2.68. The fraction of sp³-hybridized carbons (Fsp3) is 0.273. The number of likely N-dealkylation sites (N-methyl/N-ethyl adjacent to an activating group) is 1. The van der Waals surface area contributed by atoms with Crippen LogP contribution in [-0.2, 0) is 9.59 Å². The van der Waals surface area contributed by atoms with Crippen molar-refractivity contribution < 1.29 is 19.1 Å². The fourth-order valence-electron chi connectivity index (χ4n) is 2.82. The summed E-state index contributed by atoms with van der Waals surface area (Å²) in [5, 5.41) is 2.88. The van der Waals surface area contributed by atoms with E-state index in [4.69, 9.17) is 9.47 Å². The largest absolute Gasteiger partial charge is 0.493 e. The molecule has 148 valence electrons. The molecule has 0 bridgehead atoms. The van der Waals surface area contributed by atoms with Crippen molar-refractivity contribution in [2.24, 2.45) is 0 Å². The second kappa shape index (κ2) is 9.60. The van der Waals surface area contributed by atoms with Crippen LogP contribution in [0.15, 0.2) is 42.5 Å². The lowest BCUT2D eigenvalue weighted by molar-refractivity contribution is -0.129. The van der Waals surface area contributed by atoms with Gasteiger partial charge in [-0.3, -0.25) is 9.59 Å². The van der Waals surface area contributed by atoms with Crippen LogP contribution in [-0.4, -0.2) is 44.5 Å². The molecule has 6 heteroatoms. The van der Waals surface area contributed by atoms with Crippen molar-refractivity contribution in [3.8, 4) is 11.5 Å². The number of ether oxygens (including phenoxy) is 2. The summed E-state index contributed by atoms with van der Waals surface area (Å²) in [5.74, 6) is 0.588. The highest BCUT2D eigenvalue weighted by molar-refractivity contribution is 5.98. The molecule has 0 saturated carbocycles. The van der Waals surface area contributed by atoms with Crippen LogP contribution in [0.1, 0.15) is 16.7 Å². The number of rotatable bonds is 7. The number of methoxy groups -OCH3 is 2. The van der Waals surface area contributed by atoms with Gasteiger partial charge in [-0.2, -0.15) is 0 Å². The summed E-state index contributed by atoms with van der Waals surface area (Å²) in [6.07, 6.45) is 3.05. The number of carbonyl (C=O) groups excluding carboxylic acids is 2. The Balaban J connectivity index is 2.03. The van der Waals surface area contributed by atoms with E-state index < -0.39 is 0 Å². The van der Waals surface area contributed by atoms with Gasteiger partial charge >= 0.3 is 0 Å². The van der Waals surface area contributed by atoms with Crippen molar-refractivity contribution >= 4 is 23.6 Å². The molecule has 28 heavy (non-hydrogen) atoms. The van der Waals surface area contributed by atoms with Crippen LogP contribution in [0, 0.1) is 13.8 Å². The maximum Gasteiger partial charge on any atom is 0.246 e. The standard InChI is InChI=1S/C22H26N2O4/c1-15-8-6-9-16(2)21(15)23-19(25)14-24(3)20(26)13-12-17-10-7-11-18(27-4)22(17)28-5/h6-13H,14H2,1-5H3,(H,23,25)/b13-12+. The number of nitrogens with zero attached hydrogens (tertiary/aromatic N) is 1. The van der Waals surface area contributed by atoms with Crippen LogP contribution in [0.3, 0.4) is 0 Å². The van der Waals surface area contributed by atoms with Gasteiger partial charge in [0.25, 0.3) is 0 Å². The zero-order valence-electron chi connectivity index (χ0n) is 16.9. The van der Waals surface area contributed by atoms with Gasteiger partial charge in [-0.15, -0.1) is 0 Å². The van der Waals surface area contributed by atoms with Crippen molar-refractivity contribution in [2.45, 2.75) is 13.8 Å². The summed E-state index contributed by atoms with van der Waals surface area (Å²) in [5.41, 5.74) is 3.45. The highest BCUT2D eigenvalue weighted by atomic mass is 16.5. The lowest BCUT2D eigenvalue weighted by atomic mass is 10.1. The van der Waals surface area contributed by atoms with Crippen molar-refractivity contribution in [1.82, 2.24) is 4.90 Å². The van der Waals surface area contributed by atoms with E-state index in [1.54, 1.807) is 33.4 Å². The monoisotopic (exact) mass is 382 g/mol. The first-order valence-corrected chi connectivity index (χ1v) is 8.87. The molecule has 0 heterocycles. The molecule has 2 aromatic carbocycles. The minimum absolute atomic E-state index is 0.0494. The molecule has 0 saturated heterocycles. The Labute approximate surface area is 165 Å². The molecule has 0 radical (unpaired) electrons. The van der Waals surface area contributed by atoms with Crippen LogP contribution >= 0.6 is 0 Å². The third kappa shape index (κ3) is 5.13. The quantitative estimate of drug-likeness (QED) is 0.745. The smallest absolute Gasteiger partial charge is 0.246 e. The number of para-hydroxylation sites is 2. The molecule has 0 aliphatic carbocycles. The van der Waals surface area contributed by atoms with E-state index in [0.29, 0.717) is 17.1 Å². The molecule has 0 fully saturated rings. The molecule has 1 N–H and O–H groups in total. The molecule has 0 aliphatic heterocycles. The highest BCUT2D eigenvalue weighted by Gasteiger charge is 2.13. The molecule has 0 aliphatic rings. The number of hydrogen-bond donors (Lipinski definition) is 1. The van der Waals surface area contributed by atoms with E-state index in [2.05, 4.69) is 5.32 Å². The Morgan fingerprint density at radius 3 is 2.29 bits per heavy atom. The van der Waals surface area contributed by atoms with Crippen LogP contribution < -0.4 is 14.8 Å². The molecule has 2 amide bonds. The Morgan fingerprint density at radius 2 is 1.68 bits per heavy atom. The van der Waals surface area contributed by atoms with Gasteiger partial charge in [0, 0.05) is 24.4 Å². The third-order valence-corrected chi connectivity index (χ3v) is 4.34. The van der Waals surface area contributed by atoms with Gasteiger partial charge < -0.3 is 19.7 Å². The van der Waals surface area contributed by atoms with Crippen molar-refractivity contribution in [3.05, 3.63) is 59.2 Å². The second-order valence-electron chi connectivity index (χ2n) is 6.43. The van der Waals surface area contributed by atoms with Crippen molar-refractivity contribution in [1.29, 1.82) is 0 Å². The predicted molar refractivity (Wildman–Crippen MR) is 111 cm³/mol. The minimum Gasteiger partial charge on any atom is -0.493 e. The number of hydrogen-bond acceptors (Lipinski definition) is 4. The van der Waals surface area contributed by atoms with Gasteiger partial charge in [0.05, 0.1) is 20.8 Å². The highest BCUT2D eigenvalue weighted by Crippen LogP contribution is 2.31. The molecular formula is C22H26N2O4. The van der Waals surface area contributed by atoms with Gasteiger partial charge in [-0.1, -0.05) is 30.3 Å². The van der Waals surface area contributed by atoms with E-state index in [9.17, 15) is 9.59 Å². The minimum atomic E-state index is -0.290. The molecule has 0 aromatic heterocycles.